The van der Waals surface area contributed by atoms with Crippen LogP contribution >= 0.6 is 11.6 Å². The van der Waals surface area contributed by atoms with Crippen LogP contribution in [0.5, 0.6) is 5.75 Å². The maximum atomic E-state index is 13.0. The molecule has 0 saturated carbocycles. The fourth-order valence-electron chi connectivity index (χ4n) is 1.80. The van der Waals surface area contributed by atoms with E-state index < -0.39 is 6.10 Å². The van der Waals surface area contributed by atoms with Crippen LogP contribution in [0.2, 0.25) is 5.02 Å². The van der Waals surface area contributed by atoms with Gasteiger partial charge in [-0.3, -0.25) is 4.79 Å². The second-order valence-corrected chi connectivity index (χ2v) is 5.10. The summed E-state index contributed by atoms with van der Waals surface area (Å²) in [5.74, 6) is -0.139. The van der Waals surface area contributed by atoms with Gasteiger partial charge in [0.05, 0.1) is 0 Å². The Morgan fingerprint density at radius 1 is 1.29 bits per heavy atom. The lowest BCUT2D eigenvalue weighted by Crippen LogP contribution is -2.30. The third kappa shape index (κ3) is 4.20. The molecule has 0 spiro atoms. The van der Waals surface area contributed by atoms with Crippen LogP contribution in [0.3, 0.4) is 0 Å². The minimum Gasteiger partial charge on any atom is -0.481 e. The number of carbonyl (C=O) groups excluding carboxylic acids is 1. The van der Waals surface area contributed by atoms with E-state index in [9.17, 15) is 9.18 Å². The summed E-state index contributed by atoms with van der Waals surface area (Å²) in [6.07, 6.45) is -0.701. The van der Waals surface area contributed by atoms with Crippen LogP contribution in [0, 0.1) is 12.7 Å². The van der Waals surface area contributed by atoms with Crippen molar-refractivity contribution in [3.63, 3.8) is 0 Å². The van der Waals surface area contributed by atoms with E-state index in [1.807, 2.05) is 0 Å². The van der Waals surface area contributed by atoms with Crippen LogP contribution < -0.4 is 10.1 Å². The maximum absolute atomic E-state index is 13.0. The molecule has 0 bridgehead atoms. The maximum Gasteiger partial charge on any atom is 0.265 e. The fraction of sp³-hybridized carbons (Fsp3) is 0.188. The summed E-state index contributed by atoms with van der Waals surface area (Å²) in [7, 11) is 0. The summed E-state index contributed by atoms with van der Waals surface area (Å²) in [4.78, 5) is 12.1. The first-order valence-corrected chi connectivity index (χ1v) is 6.83. The number of nitrogens with one attached hydrogen (secondary N) is 1. The number of aryl methyl sites for hydroxylation is 1. The molecule has 1 unspecified atom stereocenters. The largest absolute Gasteiger partial charge is 0.481 e. The van der Waals surface area contributed by atoms with Gasteiger partial charge < -0.3 is 10.1 Å². The van der Waals surface area contributed by atoms with Gasteiger partial charge in [-0.15, -0.1) is 0 Å². The second-order valence-electron chi connectivity index (χ2n) is 4.67. The number of hydrogen-bond donors (Lipinski definition) is 1. The number of benzene rings is 2. The second kappa shape index (κ2) is 6.59. The van der Waals surface area contributed by atoms with E-state index in [1.54, 1.807) is 38.1 Å². The Hall–Kier alpha value is -2.07. The van der Waals surface area contributed by atoms with Crippen LogP contribution in [0.15, 0.2) is 42.5 Å². The van der Waals surface area contributed by atoms with Crippen molar-refractivity contribution in [3.8, 4) is 5.75 Å². The van der Waals surface area contributed by atoms with Gasteiger partial charge in [0, 0.05) is 10.7 Å². The normalized spacial score (nSPS) is 11.8. The molecular weight excluding hydrogens is 293 g/mol. The Balaban J connectivity index is 2.02. The summed E-state index contributed by atoms with van der Waals surface area (Å²) in [5.41, 5.74) is 1.21. The van der Waals surface area contributed by atoms with E-state index in [2.05, 4.69) is 5.32 Å². The Kier molecular flexibility index (Phi) is 4.81. The van der Waals surface area contributed by atoms with E-state index >= 15 is 0 Å². The topological polar surface area (TPSA) is 38.3 Å². The van der Waals surface area contributed by atoms with E-state index in [0.29, 0.717) is 22.0 Å². The van der Waals surface area contributed by atoms with Gasteiger partial charge in [-0.05, 0) is 55.8 Å². The van der Waals surface area contributed by atoms with Crippen molar-refractivity contribution in [2.45, 2.75) is 20.0 Å². The minimum absolute atomic E-state index is 0.315. The number of anilines is 1. The van der Waals surface area contributed by atoms with E-state index in [0.717, 1.165) is 0 Å². The molecule has 0 fully saturated rings. The van der Waals surface area contributed by atoms with Crippen LogP contribution in [0.25, 0.3) is 0 Å². The van der Waals surface area contributed by atoms with Crippen LogP contribution in [0.1, 0.15) is 12.5 Å². The van der Waals surface area contributed by atoms with Gasteiger partial charge in [0.1, 0.15) is 11.6 Å². The van der Waals surface area contributed by atoms with Crippen molar-refractivity contribution >= 4 is 23.2 Å². The first-order chi connectivity index (χ1) is 9.95. The van der Waals surface area contributed by atoms with Gasteiger partial charge in [0.15, 0.2) is 6.10 Å². The molecular formula is C16H15ClFNO2. The average molecular weight is 308 g/mol. The highest BCUT2D eigenvalue weighted by Gasteiger charge is 2.16. The Labute approximate surface area is 127 Å². The Bertz CT molecular complexity index is 660. The molecule has 0 aliphatic rings. The molecule has 0 aliphatic heterocycles. The third-order valence-corrected chi connectivity index (χ3v) is 3.16. The Morgan fingerprint density at radius 3 is 2.71 bits per heavy atom. The van der Waals surface area contributed by atoms with Crippen molar-refractivity contribution in [3.05, 3.63) is 58.9 Å². The molecule has 1 atom stereocenters. The standard InChI is InChI=1S/C16H15ClFNO2/c1-10-8-13(18)6-7-15(10)19-16(20)11(2)21-14-5-3-4-12(17)9-14/h3-9,11H,1-2H3,(H,19,20). The molecule has 110 valence electrons. The highest BCUT2D eigenvalue weighted by molar-refractivity contribution is 6.30. The van der Waals surface area contributed by atoms with E-state index in [4.69, 9.17) is 16.3 Å². The number of carbonyl (C=O) groups is 1. The van der Waals surface area contributed by atoms with Gasteiger partial charge in [-0.2, -0.15) is 0 Å². The first kappa shape index (κ1) is 15.3. The number of rotatable bonds is 4. The molecule has 21 heavy (non-hydrogen) atoms. The highest BCUT2D eigenvalue weighted by Crippen LogP contribution is 2.20. The highest BCUT2D eigenvalue weighted by atomic mass is 35.5. The van der Waals surface area contributed by atoms with Gasteiger partial charge in [-0.1, -0.05) is 17.7 Å². The van der Waals surface area contributed by atoms with Crippen molar-refractivity contribution in [2.24, 2.45) is 0 Å². The molecule has 2 aromatic carbocycles. The SMILES string of the molecule is Cc1cc(F)ccc1NC(=O)C(C)Oc1cccc(Cl)c1. The van der Waals surface area contributed by atoms with Gasteiger partial charge in [-0.25, -0.2) is 4.39 Å². The van der Waals surface area contributed by atoms with Crippen LogP contribution in [-0.2, 0) is 4.79 Å². The molecule has 0 aromatic heterocycles. The molecule has 3 nitrogen and oxygen atoms in total. The van der Waals surface area contributed by atoms with Gasteiger partial charge in [0.2, 0.25) is 0 Å². The molecule has 1 amide bonds. The van der Waals surface area contributed by atoms with E-state index in [1.165, 1.54) is 18.2 Å². The number of hydrogen-bond acceptors (Lipinski definition) is 2. The summed E-state index contributed by atoms with van der Waals surface area (Å²) in [6.45, 7) is 3.36. The predicted molar refractivity (Wildman–Crippen MR) is 81.3 cm³/mol. The summed E-state index contributed by atoms with van der Waals surface area (Å²) < 4.78 is 18.5. The zero-order chi connectivity index (χ0) is 15.4. The lowest BCUT2D eigenvalue weighted by atomic mass is 10.2. The van der Waals surface area contributed by atoms with Gasteiger partial charge >= 0.3 is 0 Å². The van der Waals surface area contributed by atoms with Crippen molar-refractivity contribution < 1.29 is 13.9 Å². The zero-order valence-electron chi connectivity index (χ0n) is 11.7. The molecule has 0 heterocycles. The minimum atomic E-state index is -0.701. The Morgan fingerprint density at radius 2 is 2.05 bits per heavy atom. The molecule has 2 aromatic rings. The van der Waals surface area contributed by atoms with Crippen molar-refractivity contribution in [1.29, 1.82) is 0 Å². The van der Waals surface area contributed by atoms with Crippen LogP contribution in [0.4, 0.5) is 10.1 Å². The van der Waals surface area contributed by atoms with Crippen molar-refractivity contribution in [1.82, 2.24) is 0 Å². The molecule has 2 rings (SSSR count). The monoisotopic (exact) mass is 307 g/mol. The summed E-state index contributed by atoms with van der Waals surface area (Å²) >= 11 is 5.86. The lowest BCUT2D eigenvalue weighted by molar-refractivity contribution is -0.122. The molecule has 0 aliphatic carbocycles. The number of amides is 1. The molecule has 1 N–H and O–H groups in total. The lowest BCUT2D eigenvalue weighted by Gasteiger charge is -2.16. The van der Waals surface area contributed by atoms with Gasteiger partial charge in [0.25, 0.3) is 5.91 Å². The summed E-state index contributed by atoms with van der Waals surface area (Å²) in [6, 6.07) is 11.0. The predicted octanol–water partition coefficient (Wildman–Crippen LogP) is 4.19. The third-order valence-electron chi connectivity index (χ3n) is 2.92. The van der Waals surface area contributed by atoms with Crippen LogP contribution in [-0.4, -0.2) is 12.0 Å². The molecule has 0 radical (unpaired) electrons. The molecule has 5 heteroatoms. The zero-order valence-corrected chi connectivity index (χ0v) is 12.4. The fourth-order valence-corrected chi connectivity index (χ4v) is 1.98. The summed E-state index contributed by atoms with van der Waals surface area (Å²) in [5, 5.41) is 3.25. The average Bonchev–Trinajstić information content (AvgIpc) is 2.41. The smallest absolute Gasteiger partial charge is 0.265 e. The molecule has 0 saturated heterocycles. The first-order valence-electron chi connectivity index (χ1n) is 6.45. The van der Waals surface area contributed by atoms with Crippen molar-refractivity contribution in [2.75, 3.05) is 5.32 Å². The van der Waals surface area contributed by atoms with E-state index in [-0.39, 0.29) is 11.7 Å². The quantitative estimate of drug-likeness (QED) is 0.919. The number of halogens is 2. The number of ether oxygens (including phenoxy) is 1.